The number of rotatable bonds is 0. The van der Waals surface area contributed by atoms with Crippen molar-refractivity contribution < 1.29 is 9.90 Å². The molecule has 0 aromatic heterocycles. The predicted octanol–water partition coefficient (Wildman–Crippen LogP) is 0.125. The summed E-state index contributed by atoms with van der Waals surface area (Å²) in [5, 5.41) is 8.89. The van der Waals surface area contributed by atoms with Gasteiger partial charge in [0.2, 0.25) is 0 Å². The molecule has 7 heavy (non-hydrogen) atoms. The molecule has 3 heteroatoms. The van der Waals surface area contributed by atoms with Crippen LogP contribution in [0.3, 0.4) is 0 Å². The second-order valence-electron chi connectivity index (χ2n) is 0.646. The van der Waals surface area contributed by atoms with E-state index in [-0.39, 0.29) is 0 Å². The fourth-order valence-corrected chi connectivity index (χ4v) is 0. The lowest BCUT2D eigenvalue weighted by Gasteiger charge is -1.77. The summed E-state index contributed by atoms with van der Waals surface area (Å²) >= 11 is 4.76. The summed E-state index contributed by atoms with van der Waals surface area (Å²) < 4.78 is 0. The zero-order valence-corrected chi connectivity index (χ0v) is 4.73. The molecule has 0 fully saturated rings. The first-order valence-electron chi connectivity index (χ1n) is 1.53. The Morgan fingerprint density at radius 3 is 2.00 bits per heavy atom. The van der Waals surface area contributed by atoms with Crippen LogP contribution in [0.25, 0.3) is 0 Å². The minimum absolute atomic E-state index is 0.972. The second-order valence-corrected chi connectivity index (χ2v) is 0.954. The third-order valence-corrected chi connectivity index (χ3v) is 0. The molecule has 0 saturated heterocycles. The van der Waals surface area contributed by atoms with Gasteiger partial charge in [0.15, 0.2) is 0 Å². The normalized spacial score (nSPS) is 5.43. The quantitative estimate of drug-likeness (QED) is 0.457. The lowest BCUT2D eigenvalue weighted by Crippen LogP contribution is -2.16. The Morgan fingerprint density at radius 2 is 2.00 bits per heavy atom. The van der Waals surface area contributed by atoms with Crippen molar-refractivity contribution >= 4 is 17.6 Å². The Kier molecular flexibility index (Phi) is 12.6. The number of hydrogen-bond donors (Lipinski definition) is 0. The van der Waals surface area contributed by atoms with Crippen molar-refractivity contribution in [1.29, 1.82) is 0 Å². The highest BCUT2D eigenvalue weighted by Gasteiger charge is 1.46. The van der Waals surface area contributed by atoms with Gasteiger partial charge in [0, 0.05) is 5.97 Å². The average molecular weight is 122 g/mol. The highest BCUT2D eigenvalue weighted by molar-refractivity contribution is 6.25. The van der Waals surface area contributed by atoms with E-state index in [1.807, 2.05) is 0 Å². The van der Waals surface area contributed by atoms with Crippen molar-refractivity contribution in [2.75, 3.05) is 0 Å². The predicted molar refractivity (Wildman–Crippen MR) is 26.7 cm³/mol. The van der Waals surface area contributed by atoms with Crippen molar-refractivity contribution in [3.8, 4) is 0 Å². The van der Waals surface area contributed by atoms with Gasteiger partial charge in [-0.2, -0.15) is 0 Å². The molecule has 0 radical (unpaired) electrons. The zero-order chi connectivity index (χ0) is 6.28. The maximum Gasteiger partial charge on any atom is 0.0383 e. The molecule has 0 spiro atoms. The number of aliphatic carboxylic acids is 1. The fraction of sp³-hybridized carbons (Fsp3) is 0.250. The van der Waals surface area contributed by atoms with E-state index in [1.54, 1.807) is 0 Å². The van der Waals surface area contributed by atoms with Crippen molar-refractivity contribution in [2.45, 2.75) is 6.92 Å². The second kappa shape index (κ2) is 9.09. The van der Waals surface area contributed by atoms with Gasteiger partial charge in [-0.1, -0.05) is 18.2 Å². The topological polar surface area (TPSA) is 40.1 Å². The van der Waals surface area contributed by atoms with Crippen LogP contribution in [0.5, 0.6) is 0 Å². The van der Waals surface area contributed by atoms with Crippen LogP contribution in [0.15, 0.2) is 12.1 Å². The van der Waals surface area contributed by atoms with Gasteiger partial charge in [0.1, 0.15) is 0 Å². The van der Waals surface area contributed by atoms with Crippen LogP contribution < -0.4 is 5.11 Å². The molecule has 0 aliphatic carbocycles. The molecular formula is C4H6ClO2-. The summed E-state index contributed by atoms with van der Waals surface area (Å²) in [5.41, 5.74) is 1.22. The SMILES string of the molecule is C=CCl.CC(=O)[O-]. The van der Waals surface area contributed by atoms with Crippen LogP contribution in [-0.4, -0.2) is 5.97 Å². The molecule has 0 unspecified atom stereocenters. The third-order valence-electron chi connectivity index (χ3n) is 0. The molecule has 0 bridgehead atoms. The lowest BCUT2D eigenvalue weighted by molar-refractivity contribution is -0.302. The molecule has 0 atom stereocenters. The average Bonchev–Trinajstić information content (AvgIpc) is 1.33. The third kappa shape index (κ3) is 270. The molecule has 0 aromatic rings. The largest absolute Gasteiger partial charge is 0.550 e. The molecule has 0 aliphatic heterocycles. The minimum Gasteiger partial charge on any atom is -0.550 e. The highest BCUT2D eigenvalue weighted by Crippen LogP contribution is 1.60. The van der Waals surface area contributed by atoms with E-state index < -0.39 is 5.97 Å². The maximum atomic E-state index is 8.89. The minimum atomic E-state index is -1.08. The van der Waals surface area contributed by atoms with E-state index in [4.69, 9.17) is 21.5 Å². The van der Waals surface area contributed by atoms with Gasteiger partial charge in [0.05, 0.1) is 0 Å². The first-order valence-corrected chi connectivity index (χ1v) is 1.97. The fourth-order valence-electron chi connectivity index (χ4n) is 0. The molecule has 0 amide bonds. The van der Waals surface area contributed by atoms with Crippen molar-refractivity contribution in [3.05, 3.63) is 12.1 Å². The molecule has 42 valence electrons. The number of carbonyl (C=O) groups is 1. The molecular weight excluding hydrogens is 115 g/mol. The molecule has 0 aromatic carbocycles. The van der Waals surface area contributed by atoms with Crippen molar-refractivity contribution in [3.63, 3.8) is 0 Å². The number of halogens is 1. The van der Waals surface area contributed by atoms with E-state index >= 15 is 0 Å². The van der Waals surface area contributed by atoms with Gasteiger partial charge in [-0.05, 0) is 12.5 Å². The summed E-state index contributed by atoms with van der Waals surface area (Å²) in [6, 6.07) is 0. The summed E-state index contributed by atoms with van der Waals surface area (Å²) in [4.78, 5) is 8.89. The van der Waals surface area contributed by atoms with Gasteiger partial charge >= 0.3 is 0 Å². The first-order chi connectivity index (χ1) is 3.15. The van der Waals surface area contributed by atoms with Gasteiger partial charge < -0.3 is 9.90 Å². The Hall–Kier alpha value is -0.500. The highest BCUT2D eigenvalue weighted by atomic mass is 35.5. The summed E-state index contributed by atoms with van der Waals surface area (Å²) in [7, 11) is 0. The Morgan fingerprint density at radius 1 is 2.00 bits per heavy atom. The Labute approximate surface area is 47.4 Å². The van der Waals surface area contributed by atoms with Crippen LogP contribution >= 0.6 is 11.6 Å². The van der Waals surface area contributed by atoms with Crippen LogP contribution in [-0.2, 0) is 4.79 Å². The van der Waals surface area contributed by atoms with Gasteiger partial charge in [0.25, 0.3) is 0 Å². The molecule has 2 nitrogen and oxygen atoms in total. The van der Waals surface area contributed by atoms with Gasteiger partial charge in [-0.25, -0.2) is 0 Å². The van der Waals surface area contributed by atoms with Crippen molar-refractivity contribution in [1.82, 2.24) is 0 Å². The number of hydrogen-bond acceptors (Lipinski definition) is 2. The molecule has 0 aliphatic rings. The van der Waals surface area contributed by atoms with E-state index in [2.05, 4.69) is 6.58 Å². The summed E-state index contributed by atoms with van der Waals surface area (Å²) in [6.07, 6.45) is 0. The van der Waals surface area contributed by atoms with Crippen molar-refractivity contribution in [2.24, 2.45) is 0 Å². The molecule has 0 rings (SSSR count). The van der Waals surface area contributed by atoms with Crippen LogP contribution in [0.1, 0.15) is 6.92 Å². The Balaban J connectivity index is 0. The van der Waals surface area contributed by atoms with Crippen LogP contribution in [0, 0.1) is 0 Å². The number of carbonyl (C=O) groups excluding carboxylic acids is 1. The van der Waals surface area contributed by atoms with E-state index in [1.165, 1.54) is 5.54 Å². The monoisotopic (exact) mass is 121 g/mol. The molecule has 0 saturated carbocycles. The van der Waals surface area contributed by atoms with E-state index in [9.17, 15) is 0 Å². The zero-order valence-electron chi connectivity index (χ0n) is 3.98. The Bertz CT molecular complexity index is 56.7. The first kappa shape index (κ1) is 9.71. The molecule has 0 N–H and O–H groups in total. The van der Waals surface area contributed by atoms with E-state index in [0.717, 1.165) is 6.92 Å². The smallest absolute Gasteiger partial charge is 0.0383 e. The van der Waals surface area contributed by atoms with Gasteiger partial charge in [-0.3, -0.25) is 0 Å². The van der Waals surface area contributed by atoms with Gasteiger partial charge in [-0.15, -0.1) is 0 Å². The maximum absolute atomic E-state index is 8.89. The lowest BCUT2D eigenvalue weighted by atomic mass is 10.9. The van der Waals surface area contributed by atoms with Crippen LogP contribution in [0.4, 0.5) is 0 Å². The van der Waals surface area contributed by atoms with E-state index in [0.29, 0.717) is 0 Å². The summed E-state index contributed by atoms with van der Waals surface area (Å²) in [6.45, 7) is 4.10. The summed E-state index contributed by atoms with van der Waals surface area (Å²) in [5.74, 6) is -1.08. The standard InChI is InChI=1S/C2H3Cl.C2H4O2/c1-2-3;1-2(3)4/h2H,1H2;1H3,(H,3,4)/p-1. The number of carboxylic acids is 1. The molecule has 0 heterocycles. The number of carboxylic acid groups (broad SMARTS) is 1. The van der Waals surface area contributed by atoms with Crippen LogP contribution in [0.2, 0.25) is 0 Å².